The van der Waals surface area contributed by atoms with Gasteiger partial charge in [-0.05, 0) is 0 Å². The number of hydrogen-bond acceptors (Lipinski definition) is 2. The van der Waals surface area contributed by atoms with Gasteiger partial charge in [0.15, 0.2) is 0 Å². The number of aliphatic hydroxyl groups excluding tert-OH is 1. The highest BCUT2D eigenvalue weighted by molar-refractivity contribution is 5.79. The van der Waals surface area contributed by atoms with Gasteiger partial charge in [-0.15, -0.1) is 0 Å². The number of carboxylic acid groups (broad SMARTS) is 1. The summed E-state index contributed by atoms with van der Waals surface area (Å²) in [5, 5.41) is 16.0. The minimum atomic E-state index is -1.00. The van der Waals surface area contributed by atoms with Crippen molar-refractivity contribution in [3.05, 3.63) is 18.6 Å². The van der Waals surface area contributed by atoms with Crippen LogP contribution >= 0.6 is 0 Å². The number of rotatable bonds is 3. The lowest BCUT2D eigenvalue weighted by Gasteiger charge is -1.79. The zero-order chi connectivity index (χ0) is 6.41. The van der Waals surface area contributed by atoms with E-state index in [0.29, 0.717) is 0 Å². The predicted octanol–water partition coefficient (Wildman–Crippen LogP) is -0.176. The van der Waals surface area contributed by atoms with Crippen LogP contribution in [-0.2, 0) is 4.79 Å². The van der Waals surface area contributed by atoms with Crippen molar-refractivity contribution < 1.29 is 15.0 Å². The minimum Gasteiger partial charge on any atom is -0.478 e. The van der Waals surface area contributed by atoms with E-state index in [-0.39, 0.29) is 6.61 Å². The molecule has 0 amide bonds. The average molecular weight is 115 g/mol. The molecule has 0 aromatic carbocycles. The second-order valence-electron chi connectivity index (χ2n) is 1.12. The predicted molar refractivity (Wildman–Crippen MR) is 28.2 cm³/mol. The van der Waals surface area contributed by atoms with Crippen molar-refractivity contribution in [3.63, 3.8) is 0 Å². The van der Waals surface area contributed by atoms with Gasteiger partial charge >= 0.3 is 5.97 Å². The third-order valence-electron chi connectivity index (χ3n) is 0.480. The Morgan fingerprint density at radius 1 is 1.62 bits per heavy atom. The van der Waals surface area contributed by atoms with E-state index >= 15 is 0 Å². The molecule has 0 atom stereocenters. The van der Waals surface area contributed by atoms with Crippen LogP contribution in [0, 0.1) is 6.42 Å². The molecule has 8 heavy (non-hydrogen) atoms. The summed E-state index contributed by atoms with van der Waals surface area (Å²) in [5.41, 5.74) is 0. The lowest BCUT2D eigenvalue weighted by molar-refractivity contribution is -0.131. The first-order valence-corrected chi connectivity index (χ1v) is 2.11. The van der Waals surface area contributed by atoms with E-state index in [0.717, 1.165) is 6.08 Å². The molecule has 0 fully saturated rings. The molecule has 3 heteroatoms. The monoisotopic (exact) mass is 115 g/mol. The molecule has 3 nitrogen and oxygen atoms in total. The zero-order valence-corrected chi connectivity index (χ0v) is 4.24. The third kappa shape index (κ3) is 5.17. The summed E-state index contributed by atoms with van der Waals surface area (Å²) in [6.45, 7) is -0.121. The molecule has 45 valence electrons. The van der Waals surface area contributed by atoms with E-state index in [9.17, 15) is 4.79 Å². The molecule has 0 aliphatic carbocycles. The lowest BCUT2D eigenvalue weighted by Crippen LogP contribution is -1.86. The van der Waals surface area contributed by atoms with Gasteiger partial charge in [0.2, 0.25) is 0 Å². The Labute approximate surface area is 47.3 Å². The van der Waals surface area contributed by atoms with Crippen LogP contribution in [0.4, 0.5) is 0 Å². The molecule has 0 heterocycles. The maximum absolute atomic E-state index is 9.69. The molecular weight excluding hydrogens is 108 g/mol. The molecule has 0 aliphatic rings. The van der Waals surface area contributed by atoms with E-state index in [1.807, 2.05) is 0 Å². The molecule has 0 bridgehead atoms. The molecule has 0 aromatic rings. The summed E-state index contributed by atoms with van der Waals surface area (Å²) in [6.07, 6.45) is 3.58. The first kappa shape index (κ1) is 7.17. The lowest BCUT2D eigenvalue weighted by atomic mass is 10.4. The smallest absolute Gasteiger partial charge is 0.327 e. The summed E-state index contributed by atoms with van der Waals surface area (Å²) in [7, 11) is 0. The van der Waals surface area contributed by atoms with Gasteiger partial charge in [0, 0.05) is 19.1 Å². The Kier molecular flexibility index (Phi) is 3.88. The summed E-state index contributed by atoms with van der Waals surface area (Å²) in [6, 6.07) is 0. The quantitative estimate of drug-likeness (QED) is 0.502. The van der Waals surface area contributed by atoms with Crippen LogP contribution < -0.4 is 0 Å². The van der Waals surface area contributed by atoms with Crippen LogP contribution in [0.3, 0.4) is 0 Å². The van der Waals surface area contributed by atoms with Crippen LogP contribution in [0.5, 0.6) is 0 Å². The summed E-state index contributed by atoms with van der Waals surface area (Å²) < 4.78 is 0. The Bertz CT molecular complexity index is 95.8. The van der Waals surface area contributed by atoms with E-state index in [1.54, 1.807) is 0 Å². The van der Waals surface area contributed by atoms with Crippen LogP contribution in [-0.4, -0.2) is 22.8 Å². The van der Waals surface area contributed by atoms with E-state index < -0.39 is 5.97 Å². The first-order valence-electron chi connectivity index (χ1n) is 2.11. The third-order valence-corrected chi connectivity index (χ3v) is 0.480. The summed E-state index contributed by atoms with van der Waals surface area (Å²) >= 11 is 0. The maximum atomic E-state index is 9.69. The molecule has 0 spiro atoms. The first-order chi connectivity index (χ1) is 3.77. The number of hydrogen-bond donors (Lipinski definition) is 2. The normalized spacial score (nSPS) is 10.1. The largest absolute Gasteiger partial charge is 0.478 e. The van der Waals surface area contributed by atoms with Gasteiger partial charge < -0.3 is 10.2 Å². The van der Waals surface area contributed by atoms with Crippen LogP contribution in [0.25, 0.3) is 0 Å². The molecule has 0 unspecified atom stereocenters. The topological polar surface area (TPSA) is 57.5 Å². The van der Waals surface area contributed by atoms with Crippen LogP contribution in [0.1, 0.15) is 0 Å². The Morgan fingerprint density at radius 3 is 2.62 bits per heavy atom. The number of carbonyl (C=O) groups is 1. The van der Waals surface area contributed by atoms with Gasteiger partial charge in [0.05, 0.1) is 0 Å². The van der Waals surface area contributed by atoms with Crippen LogP contribution in [0.15, 0.2) is 12.2 Å². The van der Waals surface area contributed by atoms with Gasteiger partial charge in [-0.25, -0.2) is 4.79 Å². The van der Waals surface area contributed by atoms with E-state index in [2.05, 4.69) is 0 Å². The SMILES string of the molecule is O=C(O)C=C[CH]CO. The van der Waals surface area contributed by atoms with Gasteiger partial charge in [-0.2, -0.15) is 0 Å². The van der Waals surface area contributed by atoms with Crippen molar-refractivity contribution in [1.82, 2.24) is 0 Å². The van der Waals surface area contributed by atoms with Crippen molar-refractivity contribution in [3.8, 4) is 0 Å². The van der Waals surface area contributed by atoms with Gasteiger partial charge in [-0.3, -0.25) is 0 Å². The highest BCUT2D eigenvalue weighted by Crippen LogP contribution is 1.76. The van der Waals surface area contributed by atoms with Crippen molar-refractivity contribution in [2.45, 2.75) is 0 Å². The van der Waals surface area contributed by atoms with Crippen LogP contribution in [0.2, 0.25) is 0 Å². The fourth-order valence-electron chi connectivity index (χ4n) is 0.211. The Hall–Kier alpha value is -0.830. The van der Waals surface area contributed by atoms with E-state index in [1.165, 1.54) is 12.5 Å². The van der Waals surface area contributed by atoms with Gasteiger partial charge in [-0.1, -0.05) is 6.08 Å². The molecule has 2 N–H and O–H groups in total. The van der Waals surface area contributed by atoms with E-state index in [4.69, 9.17) is 10.2 Å². The highest BCUT2D eigenvalue weighted by atomic mass is 16.4. The second kappa shape index (κ2) is 4.33. The number of aliphatic carboxylic acids is 1. The molecule has 0 rings (SSSR count). The summed E-state index contributed by atoms with van der Waals surface area (Å²) in [5.74, 6) is -1.00. The fourth-order valence-corrected chi connectivity index (χ4v) is 0.211. The van der Waals surface area contributed by atoms with Crippen molar-refractivity contribution in [2.75, 3.05) is 6.61 Å². The van der Waals surface area contributed by atoms with Gasteiger partial charge in [0.1, 0.15) is 0 Å². The summed E-state index contributed by atoms with van der Waals surface area (Å²) in [4.78, 5) is 9.69. The standard InChI is InChI=1S/C5H7O3/c6-4-2-1-3-5(7)8/h1-3,6H,4H2,(H,7,8). The molecule has 0 aliphatic heterocycles. The number of carboxylic acids is 1. The molecule has 0 saturated carbocycles. The minimum absolute atomic E-state index is 0.121. The Balaban J connectivity index is 3.20. The maximum Gasteiger partial charge on any atom is 0.327 e. The Morgan fingerprint density at radius 2 is 2.25 bits per heavy atom. The number of aliphatic hydroxyl groups is 1. The molecule has 1 radical (unpaired) electrons. The molecule has 0 saturated heterocycles. The van der Waals surface area contributed by atoms with Crippen molar-refractivity contribution >= 4 is 5.97 Å². The second-order valence-corrected chi connectivity index (χ2v) is 1.12. The zero-order valence-electron chi connectivity index (χ0n) is 4.24. The molecule has 0 aromatic heterocycles. The fraction of sp³-hybridized carbons (Fsp3) is 0.200. The van der Waals surface area contributed by atoms with Crippen molar-refractivity contribution in [2.24, 2.45) is 0 Å². The van der Waals surface area contributed by atoms with Crippen molar-refractivity contribution in [1.29, 1.82) is 0 Å². The highest BCUT2D eigenvalue weighted by Gasteiger charge is 1.81. The average Bonchev–Trinajstić information content (AvgIpc) is 1.66. The molecular formula is C5H7O3. The van der Waals surface area contributed by atoms with Gasteiger partial charge in [0.25, 0.3) is 0 Å².